The number of piperazine rings is 1. The van der Waals surface area contributed by atoms with E-state index in [0.717, 1.165) is 5.56 Å². The maximum absolute atomic E-state index is 12.7. The van der Waals surface area contributed by atoms with Gasteiger partial charge in [0.2, 0.25) is 11.9 Å². The van der Waals surface area contributed by atoms with Crippen LogP contribution in [0.1, 0.15) is 0 Å². The van der Waals surface area contributed by atoms with Crippen LogP contribution in [0.3, 0.4) is 0 Å². The highest BCUT2D eigenvalue weighted by atomic mass is 16.2. The Morgan fingerprint density at radius 2 is 1.61 bits per heavy atom. The smallest absolute Gasteiger partial charge is 0.267 e. The fourth-order valence-electron chi connectivity index (χ4n) is 3.16. The SMILES string of the molecule is O=C(Cn1nc(-c2ccccc2)ccc1=O)N1CCN(c2ncccn2)CC1. The molecule has 0 N–H and O–H groups in total. The van der Waals surface area contributed by atoms with Crippen LogP contribution in [0.15, 0.2) is 65.7 Å². The van der Waals surface area contributed by atoms with Crippen molar-refractivity contribution >= 4 is 11.9 Å². The zero-order valence-corrected chi connectivity index (χ0v) is 15.3. The number of carbonyl (C=O) groups excluding carboxylic acids is 1. The third-order valence-electron chi connectivity index (χ3n) is 4.69. The van der Waals surface area contributed by atoms with E-state index in [4.69, 9.17) is 0 Å². The van der Waals surface area contributed by atoms with E-state index in [9.17, 15) is 9.59 Å². The van der Waals surface area contributed by atoms with Gasteiger partial charge in [0.25, 0.3) is 5.56 Å². The largest absolute Gasteiger partial charge is 0.338 e. The molecule has 1 aliphatic rings. The first kappa shape index (κ1) is 17.8. The molecule has 8 nitrogen and oxygen atoms in total. The average Bonchev–Trinajstić information content (AvgIpc) is 2.76. The second-order valence-corrected chi connectivity index (χ2v) is 6.50. The molecule has 8 heteroatoms. The zero-order valence-electron chi connectivity index (χ0n) is 15.3. The van der Waals surface area contributed by atoms with E-state index in [-0.39, 0.29) is 18.0 Å². The highest BCUT2D eigenvalue weighted by molar-refractivity contribution is 5.76. The molecule has 28 heavy (non-hydrogen) atoms. The summed E-state index contributed by atoms with van der Waals surface area (Å²) in [6, 6.07) is 14.5. The molecule has 1 aliphatic heterocycles. The summed E-state index contributed by atoms with van der Waals surface area (Å²) in [5, 5.41) is 4.37. The molecule has 0 atom stereocenters. The lowest BCUT2D eigenvalue weighted by atomic mass is 10.1. The fourth-order valence-corrected chi connectivity index (χ4v) is 3.16. The van der Waals surface area contributed by atoms with Crippen LogP contribution >= 0.6 is 0 Å². The Labute approximate surface area is 162 Å². The van der Waals surface area contributed by atoms with E-state index < -0.39 is 0 Å². The average molecular weight is 376 g/mol. The summed E-state index contributed by atoms with van der Waals surface area (Å²) < 4.78 is 1.23. The van der Waals surface area contributed by atoms with Crippen LogP contribution in [0.5, 0.6) is 0 Å². The molecule has 4 rings (SSSR count). The van der Waals surface area contributed by atoms with Crippen LogP contribution in [0.25, 0.3) is 11.3 Å². The van der Waals surface area contributed by atoms with Gasteiger partial charge in [-0.3, -0.25) is 9.59 Å². The Balaban J connectivity index is 1.42. The van der Waals surface area contributed by atoms with Crippen molar-refractivity contribution in [2.24, 2.45) is 0 Å². The molecule has 142 valence electrons. The predicted molar refractivity (Wildman–Crippen MR) is 105 cm³/mol. The molecule has 1 saturated heterocycles. The maximum atomic E-state index is 12.7. The Kier molecular flexibility index (Phi) is 5.09. The van der Waals surface area contributed by atoms with Gasteiger partial charge in [0.05, 0.1) is 5.69 Å². The standard InChI is InChI=1S/C20H20N6O2/c27-18-8-7-17(16-5-2-1-3-6-16)23-26(18)15-19(28)24-11-13-25(14-12-24)20-21-9-4-10-22-20/h1-10H,11-15H2. The van der Waals surface area contributed by atoms with Crippen molar-refractivity contribution in [2.45, 2.75) is 6.54 Å². The van der Waals surface area contributed by atoms with Gasteiger partial charge in [0.1, 0.15) is 6.54 Å². The zero-order chi connectivity index (χ0) is 19.3. The molecular formula is C20H20N6O2. The van der Waals surface area contributed by atoms with Crippen molar-refractivity contribution in [2.75, 3.05) is 31.1 Å². The fraction of sp³-hybridized carbons (Fsp3) is 0.250. The Bertz CT molecular complexity index is 998. The summed E-state index contributed by atoms with van der Waals surface area (Å²) >= 11 is 0. The minimum atomic E-state index is -0.288. The van der Waals surface area contributed by atoms with Gasteiger partial charge in [-0.15, -0.1) is 0 Å². The number of hydrogen-bond donors (Lipinski definition) is 0. The number of hydrogen-bond acceptors (Lipinski definition) is 6. The van der Waals surface area contributed by atoms with Crippen molar-refractivity contribution < 1.29 is 4.79 Å². The van der Waals surface area contributed by atoms with E-state index in [0.29, 0.717) is 37.8 Å². The summed E-state index contributed by atoms with van der Waals surface area (Å²) in [6.07, 6.45) is 3.41. The quantitative estimate of drug-likeness (QED) is 0.677. The molecule has 1 fully saturated rings. The molecule has 3 aromatic rings. The van der Waals surface area contributed by atoms with Crippen LogP contribution in [0.4, 0.5) is 5.95 Å². The van der Waals surface area contributed by atoms with Gasteiger partial charge in [0, 0.05) is 50.2 Å². The van der Waals surface area contributed by atoms with Crippen LogP contribution in [0.2, 0.25) is 0 Å². The van der Waals surface area contributed by atoms with Crippen molar-refractivity contribution in [3.63, 3.8) is 0 Å². The minimum absolute atomic E-state index is 0.0681. The van der Waals surface area contributed by atoms with Gasteiger partial charge >= 0.3 is 0 Å². The highest BCUT2D eigenvalue weighted by Crippen LogP contribution is 2.14. The van der Waals surface area contributed by atoms with Crippen molar-refractivity contribution in [3.05, 3.63) is 71.3 Å². The third kappa shape index (κ3) is 3.90. The van der Waals surface area contributed by atoms with Gasteiger partial charge in [-0.2, -0.15) is 5.10 Å². The lowest BCUT2D eigenvalue weighted by Gasteiger charge is -2.34. The van der Waals surface area contributed by atoms with Crippen molar-refractivity contribution in [1.29, 1.82) is 0 Å². The topological polar surface area (TPSA) is 84.2 Å². The van der Waals surface area contributed by atoms with Gasteiger partial charge < -0.3 is 9.80 Å². The second-order valence-electron chi connectivity index (χ2n) is 6.50. The first-order valence-electron chi connectivity index (χ1n) is 9.14. The third-order valence-corrected chi connectivity index (χ3v) is 4.69. The molecule has 0 spiro atoms. The van der Waals surface area contributed by atoms with Crippen molar-refractivity contribution in [1.82, 2.24) is 24.6 Å². The molecule has 1 aromatic carbocycles. The normalized spacial score (nSPS) is 14.1. The molecule has 1 amide bonds. The number of rotatable bonds is 4. The van der Waals surface area contributed by atoms with Crippen LogP contribution in [0, 0.1) is 0 Å². The molecule has 3 heterocycles. The number of anilines is 1. The molecule has 0 aliphatic carbocycles. The Hall–Kier alpha value is -3.55. The van der Waals surface area contributed by atoms with Gasteiger partial charge in [-0.25, -0.2) is 14.6 Å². The lowest BCUT2D eigenvalue weighted by molar-refractivity contribution is -0.132. The first-order valence-corrected chi connectivity index (χ1v) is 9.14. The molecule has 2 aromatic heterocycles. The van der Waals surface area contributed by atoms with E-state index in [2.05, 4.69) is 15.1 Å². The molecular weight excluding hydrogens is 356 g/mol. The van der Waals surface area contributed by atoms with Crippen LogP contribution < -0.4 is 10.5 Å². The monoisotopic (exact) mass is 376 g/mol. The summed E-state index contributed by atoms with van der Waals surface area (Å²) in [7, 11) is 0. The predicted octanol–water partition coefficient (Wildman–Crippen LogP) is 1.05. The summed E-state index contributed by atoms with van der Waals surface area (Å²) in [5.41, 5.74) is 1.28. The maximum Gasteiger partial charge on any atom is 0.267 e. The number of benzene rings is 1. The number of aromatic nitrogens is 4. The minimum Gasteiger partial charge on any atom is -0.338 e. The molecule has 0 saturated carbocycles. The number of nitrogens with zero attached hydrogens (tertiary/aromatic N) is 6. The van der Waals surface area contributed by atoms with Crippen molar-refractivity contribution in [3.8, 4) is 11.3 Å². The number of carbonyl (C=O) groups is 1. The summed E-state index contributed by atoms with van der Waals surface area (Å²) in [4.78, 5) is 37.1. The molecule has 0 radical (unpaired) electrons. The van der Waals surface area contributed by atoms with E-state index in [1.54, 1.807) is 29.4 Å². The molecule has 0 bridgehead atoms. The highest BCUT2D eigenvalue weighted by Gasteiger charge is 2.23. The second kappa shape index (κ2) is 7.99. The van der Waals surface area contributed by atoms with Gasteiger partial charge in [-0.05, 0) is 12.1 Å². The Morgan fingerprint density at radius 3 is 2.32 bits per heavy atom. The van der Waals surface area contributed by atoms with Gasteiger partial charge in [0.15, 0.2) is 0 Å². The Morgan fingerprint density at radius 1 is 0.893 bits per heavy atom. The van der Waals surface area contributed by atoms with E-state index in [1.165, 1.54) is 10.7 Å². The number of amides is 1. The van der Waals surface area contributed by atoms with Crippen LogP contribution in [-0.4, -0.2) is 56.7 Å². The van der Waals surface area contributed by atoms with E-state index in [1.807, 2.05) is 35.2 Å². The summed E-state index contributed by atoms with van der Waals surface area (Å²) in [5.74, 6) is 0.552. The summed E-state index contributed by atoms with van der Waals surface area (Å²) in [6.45, 7) is 2.36. The van der Waals surface area contributed by atoms with E-state index >= 15 is 0 Å². The van der Waals surface area contributed by atoms with Crippen LogP contribution in [-0.2, 0) is 11.3 Å². The first-order chi connectivity index (χ1) is 13.7. The molecule has 0 unspecified atom stereocenters. The van der Waals surface area contributed by atoms with Gasteiger partial charge in [-0.1, -0.05) is 30.3 Å². The lowest BCUT2D eigenvalue weighted by Crippen LogP contribution is -2.50.